The number of nitrogens with one attached hydrogen (secondary N) is 1. The lowest BCUT2D eigenvalue weighted by Crippen LogP contribution is -2.42. The van der Waals surface area contributed by atoms with Crippen molar-refractivity contribution in [1.82, 2.24) is 4.72 Å². The van der Waals surface area contributed by atoms with Crippen LogP contribution >= 0.6 is 0 Å². The van der Waals surface area contributed by atoms with E-state index in [1.165, 1.54) is 7.11 Å². The second-order valence-electron chi connectivity index (χ2n) is 7.80. The molecule has 0 amide bonds. The van der Waals surface area contributed by atoms with Crippen LogP contribution in [0.25, 0.3) is 10.4 Å². The number of hydrogen-bond acceptors (Lipinski definition) is 10. The lowest BCUT2D eigenvalue weighted by atomic mass is 10.1. The number of ether oxygens (including phenoxy) is 5. The molecular weight excluding hydrogens is 496 g/mol. The molecule has 0 rings (SSSR count). The first-order chi connectivity index (χ1) is 17.4. The molecule has 0 fully saturated rings. The van der Waals surface area contributed by atoms with Gasteiger partial charge in [0.1, 0.15) is 11.8 Å². The summed E-state index contributed by atoms with van der Waals surface area (Å²) in [6, 6.07) is -0.903. The molecule has 0 spiro atoms. The quantitative estimate of drug-likeness (QED) is 0.0568. The number of carbonyl (C=O) groups is 2. The molecule has 0 aliphatic carbocycles. The van der Waals surface area contributed by atoms with E-state index in [2.05, 4.69) is 19.5 Å². The molecule has 0 saturated heterocycles. The zero-order valence-corrected chi connectivity index (χ0v) is 22.3. The fourth-order valence-electron chi connectivity index (χ4n) is 2.92. The van der Waals surface area contributed by atoms with Gasteiger partial charge < -0.3 is 23.7 Å². The Morgan fingerprint density at radius 1 is 0.889 bits per heavy atom. The molecule has 1 N–H and O–H groups in total. The first-order valence-electron chi connectivity index (χ1n) is 12.3. The number of hydrogen-bond donors (Lipinski definition) is 1. The highest BCUT2D eigenvalue weighted by Crippen LogP contribution is 2.08. The maximum Gasteiger partial charge on any atom is 0.323 e. The number of ketones is 1. The highest BCUT2D eigenvalue weighted by atomic mass is 32.2. The molecule has 14 heteroatoms. The first kappa shape index (κ1) is 34.2. The van der Waals surface area contributed by atoms with Crippen molar-refractivity contribution in [3.63, 3.8) is 0 Å². The third-order valence-electron chi connectivity index (χ3n) is 4.81. The van der Waals surface area contributed by atoms with Crippen LogP contribution in [0, 0.1) is 0 Å². The summed E-state index contributed by atoms with van der Waals surface area (Å²) in [5.74, 6) is -0.934. The van der Waals surface area contributed by atoms with Gasteiger partial charge in [0.05, 0.1) is 65.7 Å². The van der Waals surface area contributed by atoms with Gasteiger partial charge in [-0.2, -0.15) is 0 Å². The Bertz CT molecular complexity index is 731. The smallest absolute Gasteiger partial charge is 0.323 e. The summed E-state index contributed by atoms with van der Waals surface area (Å²) in [6.45, 7) is 5.24. The molecule has 0 unspecified atom stereocenters. The molecule has 0 aromatic rings. The summed E-state index contributed by atoms with van der Waals surface area (Å²) < 4.78 is 52.9. The van der Waals surface area contributed by atoms with Gasteiger partial charge in [-0.3, -0.25) is 9.59 Å². The number of methoxy groups -OCH3 is 1. The molecule has 0 saturated carbocycles. The number of rotatable bonds is 26. The minimum absolute atomic E-state index is 0.0892. The van der Waals surface area contributed by atoms with Crippen LogP contribution in [0.1, 0.15) is 51.9 Å². The van der Waals surface area contributed by atoms with Crippen LogP contribution < -0.4 is 4.72 Å². The van der Waals surface area contributed by atoms with E-state index in [9.17, 15) is 18.0 Å². The van der Waals surface area contributed by atoms with Gasteiger partial charge in [0, 0.05) is 24.3 Å². The van der Waals surface area contributed by atoms with Crippen LogP contribution in [-0.4, -0.2) is 98.5 Å². The van der Waals surface area contributed by atoms with Crippen molar-refractivity contribution in [1.29, 1.82) is 0 Å². The fraction of sp³-hybridized carbons (Fsp3) is 0.909. The third-order valence-corrected chi connectivity index (χ3v) is 6.28. The standard InChI is InChI=1S/C22H42N4O9S/c1-3-4-5-8-21(22(28)31-2)25-36(29,30)19-6-7-20(27)9-11-32-13-15-34-17-18-35-16-14-33-12-10-24-26-23/h21,25H,3-19H2,1-2H3/t21-/m0/s1. The predicted molar refractivity (Wildman–Crippen MR) is 133 cm³/mol. The Hall–Kier alpha value is -1.80. The second-order valence-corrected chi connectivity index (χ2v) is 9.68. The van der Waals surface area contributed by atoms with Gasteiger partial charge in [-0.1, -0.05) is 31.3 Å². The minimum Gasteiger partial charge on any atom is -0.468 e. The van der Waals surface area contributed by atoms with Crippen LogP contribution in [0.15, 0.2) is 5.11 Å². The van der Waals surface area contributed by atoms with Crippen molar-refractivity contribution in [2.45, 2.75) is 57.9 Å². The van der Waals surface area contributed by atoms with E-state index in [1.54, 1.807) is 0 Å². The van der Waals surface area contributed by atoms with Crippen LogP contribution in [0.5, 0.6) is 0 Å². The van der Waals surface area contributed by atoms with E-state index in [0.717, 1.165) is 12.8 Å². The summed E-state index contributed by atoms with van der Waals surface area (Å²) in [5, 5.41) is 3.34. The monoisotopic (exact) mass is 538 g/mol. The molecular formula is C22H42N4O9S. The van der Waals surface area contributed by atoms with Crippen molar-refractivity contribution in [2.24, 2.45) is 5.11 Å². The van der Waals surface area contributed by atoms with Gasteiger partial charge in [0.15, 0.2) is 0 Å². The topological polar surface area (TPSA) is 175 Å². The van der Waals surface area contributed by atoms with Crippen LogP contribution in [-0.2, 0) is 43.3 Å². The summed E-state index contributed by atoms with van der Waals surface area (Å²) in [5.41, 5.74) is 8.11. The van der Waals surface area contributed by atoms with Crippen LogP contribution in [0.4, 0.5) is 0 Å². The summed E-state index contributed by atoms with van der Waals surface area (Å²) in [7, 11) is -2.48. The van der Waals surface area contributed by atoms with Crippen LogP contribution in [0.2, 0.25) is 0 Å². The molecule has 0 aromatic heterocycles. The molecule has 0 aliphatic rings. The number of unbranched alkanes of at least 4 members (excludes halogenated alkanes) is 2. The van der Waals surface area contributed by atoms with E-state index in [4.69, 9.17) is 24.5 Å². The lowest BCUT2D eigenvalue weighted by molar-refractivity contribution is -0.142. The molecule has 36 heavy (non-hydrogen) atoms. The zero-order valence-electron chi connectivity index (χ0n) is 21.5. The van der Waals surface area contributed by atoms with Gasteiger partial charge in [0.25, 0.3) is 0 Å². The van der Waals surface area contributed by atoms with Crippen LogP contribution in [0.3, 0.4) is 0 Å². The number of carbonyl (C=O) groups excluding carboxylic acids is 2. The highest BCUT2D eigenvalue weighted by molar-refractivity contribution is 7.89. The average Bonchev–Trinajstić information content (AvgIpc) is 2.85. The van der Waals surface area contributed by atoms with E-state index in [1.807, 2.05) is 6.92 Å². The number of Topliss-reactive ketones (excluding diaryl/α,β-unsaturated/α-hetero) is 1. The Labute approximate surface area is 214 Å². The molecule has 0 aromatic carbocycles. The Kier molecular flexibility index (Phi) is 22.4. The number of azide groups is 1. The van der Waals surface area contributed by atoms with Gasteiger partial charge in [-0.15, -0.1) is 0 Å². The Morgan fingerprint density at radius 3 is 2.03 bits per heavy atom. The molecule has 210 valence electrons. The number of sulfonamides is 1. The number of nitrogens with zero attached hydrogens (tertiary/aromatic N) is 3. The van der Waals surface area contributed by atoms with Crippen molar-refractivity contribution < 1.29 is 41.7 Å². The SMILES string of the molecule is CCCCC[C@H](NS(=O)(=O)CCCC(=O)CCOCCOCCOCCOCCN=[N+]=[N-])C(=O)OC. The summed E-state index contributed by atoms with van der Waals surface area (Å²) in [4.78, 5) is 26.4. The largest absolute Gasteiger partial charge is 0.468 e. The van der Waals surface area contributed by atoms with Gasteiger partial charge >= 0.3 is 5.97 Å². The minimum atomic E-state index is -3.70. The fourth-order valence-corrected chi connectivity index (χ4v) is 4.21. The van der Waals surface area contributed by atoms with Crippen molar-refractivity contribution >= 4 is 21.8 Å². The van der Waals surface area contributed by atoms with Crippen molar-refractivity contribution in [3.8, 4) is 0 Å². The molecule has 0 heterocycles. The maximum atomic E-state index is 12.3. The molecule has 1 atom stereocenters. The third kappa shape index (κ3) is 21.5. The summed E-state index contributed by atoms with van der Waals surface area (Å²) >= 11 is 0. The average molecular weight is 539 g/mol. The van der Waals surface area contributed by atoms with Crippen molar-refractivity contribution in [2.75, 3.05) is 72.3 Å². The molecule has 0 aliphatic heterocycles. The number of esters is 1. The maximum absolute atomic E-state index is 12.3. The van der Waals surface area contributed by atoms with E-state index < -0.39 is 22.0 Å². The molecule has 13 nitrogen and oxygen atoms in total. The highest BCUT2D eigenvalue weighted by Gasteiger charge is 2.24. The van der Waals surface area contributed by atoms with E-state index >= 15 is 0 Å². The van der Waals surface area contributed by atoms with E-state index in [-0.39, 0.29) is 37.4 Å². The predicted octanol–water partition coefficient (Wildman–Crippen LogP) is 2.14. The molecule has 0 radical (unpaired) electrons. The summed E-state index contributed by atoms with van der Waals surface area (Å²) in [6.07, 6.45) is 3.42. The second kappa shape index (κ2) is 23.6. The normalized spacial score (nSPS) is 12.2. The van der Waals surface area contributed by atoms with Gasteiger partial charge in [-0.25, -0.2) is 13.1 Å². The van der Waals surface area contributed by atoms with Gasteiger partial charge in [-0.05, 0) is 18.4 Å². The van der Waals surface area contributed by atoms with E-state index in [0.29, 0.717) is 65.6 Å². The first-order valence-corrected chi connectivity index (χ1v) is 13.9. The van der Waals surface area contributed by atoms with Gasteiger partial charge in [0.2, 0.25) is 10.0 Å². The molecule has 0 bridgehead atoms. The van der Waals surface area contributed by atoms with Crippen molar-refractivity contribution in [3.05, 3.63) is 10.4 Å². The Balaban J connectivity index is 3.75. The lowest BCUT2D eigenvalue weighted by Gasteiger charge is -2.16. The Morgan fingerprint density at radius 2 is 1.47 bits per heavy atom. The zero-order chi connectivity index (χ0) is 26.9.